The summed E-state index contributed by atoms with van der Waals surface area (Å²) in [7, 11) is 1.56. The molecule has 0 atom stereocenters. The molecule has 0 N–H and O–H groups in total. The highest BCUT2D eigenvalue weighted by atomic mass is 16.5. The van der Waals surface area contributed by atoms with Crippen molar-refractivity contribution in [3.05, 3.63) is 23.9 Å². The highest BCUT2D eigenvalue weighted by Gasteiger charge is 2.21. The predicted molar refractivity (Wildman–Crippen MR) is 49.9 cm³/mol. The van der Waals surface area contributed by atoms with Crippen LogP contribution in [0.3, 0.4) is 0 Å². The van der Waals surface area contributed by atoms with Crippen LogP contribution in [-0.2, 0) is 10.2 Å². The van der Waals surface area contributed by atoms with Crippen LogP contribution >= 0.6 is 0 Å². The molecular formula is C10H13NO2. The van der Waals surface area contributed by atoms with Crippen LogP contribution in [-0.4, -0.2) is 18.4 Å². The molecule has 3 nitrogen and oxygen atoms in total. The quantitative estimate of drug-likeness (QED) is 0.661. The summed E-state index contributed by atoms with van der Waals surface area (Å²) in [5.74, 6) is 0.535. The van der Waals surface area contributed by atoms with Crippen molar-refractivity contribution >= 4 is 6.29 Å². The van der Waals surface area contributed by atoms with E-state index in [4.69, 9.17) is 4.74 Å². The third-order valence-electron chi connectivity index (χ3n) is 1.89. The van der Waals surface area contributed by atoms with Gasteiger partial charge in [-0.3, -0.25) is 0 Å². The second kappa shape index (κ2) is 3.56. The number of hydrogen-bond donors (Lipinski definition) is 0. The predicted octanol–water partition coefficient (Wildman–Crippen LogP) is 1.57. The molecule has 0 aliphatic carbocycles. The van der Waals surface area contributed by atoms with Gasteiger partial charge in [-0.25, -0.2) is 4.98 Å². The van der Waals surface area contributed by atoms with Crippen molar-refractivity contribution in [3.8, 4) is 5.88 Å². The zero-order valence-corrected chi connectivity index (χ0v) is 8.07. The van der Waals surface area contributed by atoms with Crippen molar-refractivity contribution in [2.45, 2.75) is 19.3 Å². The van der Waals surface area contributed by atoms with Gasteiger partial charge in [0.05, 0.1) is 18.2 Å². The largest absolute Gasteiger partial charge is 0.481 e. The molecule has 0 saturated carbocycles. The maximum absolute atomic E-state index is 10.7. The van der Waals surface area contributed by atoms with E-state index in [0.717, 1.165) is 12.0 Å². The number of nitrogens with zero attached hydrogens (tertiary/aromatic N) is 1. The Morgan fingerprint density at radius 2 is 2.15 bits per heavy atom. The molecule has 3 heteroatoms. The van der Waals surface area contributed by atoms with Gasteiger partial charge in [-0.1, -0.05) is 6.07 Å². The first-order valence-corrected chi connectivity index (χ1v) is 4.08. The Morgan fingerprint density at radius 3 is 2.69 bits per heavy atom. The Labute approximate surface area is 77.8 Å². The maximum atomic E-state index is 10.7. The number of rotatable bonds is 3. The first kappa shape index (κ1) is 9.71. The van der Waals surface area contributed by atoms with Gasteiger partial charge in [-0.05, 0) is 19.9 Å². The number of methoxy groups -OCH3 is 1. The molecular weight excluding hydrogens is 166 g/mol. The van der Waals surface area contributed by atoms with E-state index in [0.29, 0.717) is 5.88 Å². The monoisotopic (exact) mass is 179 g/mol. The van der Waals surface area contributed by atoms with Gasteiger partial charge in [0.2, 0.25) is 5.88 Å². The van der Waals surface area contributed by atoms with Crippen molar-refractivity contribution in [2.75, 3.05) is 7.11 Å². The summed E-state index contributed by atoms with van der Waals surface area (Å²) in [6.07, 6.45) is 0.884. The van der Waals surface area contributed by atoms with Crippen molar-refractivity contribution in [1.29, 1.82) is 0 Å². The van der Waals surface area contributed by atoms with Gasteiger partial charge in [0.25, 0.3) is 0 Å². The fourth-order valence-corrected chi connectivity index (χ4v) is 0.948. The molecule has 13 heavy (non-hydrogen) atoms. The van der Waals surface area contributed by atoms with Gasteiger partial charge in [0.15, 0.2) is 0 Å². The van der Waals surface area contributed by atoms with Crippen LogP contribution in [0.15, 0.2) is 18.2 Å². The zero-order chi connectivity index (χ0) is 9.90. The van der Waals surface area contributed by atoms with Gasteiger partial charge < -0.3 is 9.53 Å². The summed E-state index contributed by atoms with van der Waals surface area (Å²) in [5.41, 5.74) is 0.177. The minimum absolute atomic E-state index is 0.535. The van der Waals surface area contributed by atoms with Gasteiger partial charge in [0, 0.05) is 6.07 Å². The summed E-state index contributed by atoms with van der Waals surface area (Å²) >= 11 is 0. The van der Waals surface area contributed by atoms with Crippen molar-refractivity contribution in [1.82, 2.24) is 4.98 Å². The van der Waals surface area contributed by atoms with E-state index >= 15 is 0 Å². The van der Waals surface area contributed by atoms with E-state index in [1.165, 1.54) is 0 Å². The molecule has 70 valence electrons. The zero-order valence-electron chi connectivity index (χ0n) is 8.07. The molecule has 1 aromatic heterocycles. The van der Waals surface area contributed by atoms with Gasteiger partial charge in [0.1, 0.15) is 6.29 Å². The first-order valence-electron chi connectivity index (χ1n) is 4.08. The molecule has 1 aromatic rings. The Morgan fingerprint density at radius 1 is 1.46 bits per heavy atom. The highest BCUT2D eigenvalue weighted by Crippen LogP contribution is 2.20. The Hall–Kier alpha value is -1.38. The number of pyridine rings is 1. The van der Waals surface area contributed by atoms with Crippen LogP contribution in [0.4, 0.5) is 0 Å². The Balaban J connectivity index is 3.08. The van der Waals surface area contributed by atoms with Gasteiger partial charge in [-0.2, -0.15) is 0 Å². The molecule has 1 heterocycles. The topological polar surface area (TPSA) is 39.2 Å². The Bertz CT molecular complexity index is 308. The lowest BCUT2D eigenvalue weighted by molar-refractivity contribution is -0.111. The third kappa shape index (κ3) is 2.05. The molecule has 0 fully saturated rings. The van der Waals surface area contributed by atoms with Crippen molar-refractivity contribution in [3.63, 3.8) is 0 Å². The van der Waals surface area contributed by atoms with E-state index in [2.05, 4.69) is 4.98 Å². The lowest BCUT2D eigenvalue weighted by Crippen LogP contribution is -2.20. The fourth-order valence-electron chi connectivity index (χ4n) is 0.948. The van der Waals surface area contributed by atoms with E-state index in [-0.39, 0.29) is 0 Å². The number of hydrogen-bond acceptors (Lipinski definition) is 3. The summed E-state index contributed by atoms with van der Waals surface area (Å²) in [6, 6.07) is 5.40. The molecule has 0 spiro atoms. The fraction of sp³-hybridized carbons (Fsp3) is 0.400. The van der Waals surface area contributed by atoms with E-state index < -0.39 is 5.41 Å². The SMILES string of the molecule is COc1cccc(C(C)(C)C=O)n1. The lowest BCUT2D eigenvalue weighted by Gasteiger charge is -2.16. The molecule has 0 aromatic carbocycles. The Kier molecular flexibility index (Phi) is 2.66. The number of carbonyl (C=O) groups excluding carboxylic acids is 1. The molecule has 0 bridgehead atoms. The molecule has 0 aliphatic heterocycles. The summed E-state index contributed by atoms with van der Waals surface area (Å²) < 4.78 is 4.97. The van der Waals surface area contributed by atoms with E-state index in [1.807, 2.05) is 26.0 Å². The van der Waals surface area contributed by atoms with Crippen LogP contribution < -0.4 is 4.74 Å². The van der Waals surface area contributed by atoms with Crippen molar-refractivity contribution in [2.24, 2.45) is 0 Å². The number of carbonyl (C=O) groups is 1. The number of aldehydes is 1. The average molecular weight is 179 g/mol. The van der Waals surface area contributed by atoms with Crippen LogP contribution in [0.5, 0.6) is 5.88 Å². The summed E-state index contributed by atoms with van der Waals surface area (Å²) in [6.45, 7) is 3.64. The smallest absolute Gasteiger partial charge is 0.213 e. The molecule has 1 rings (SSSR count). The van der Waals surface area contributed by atoms with Crippen LogP contribution in [0, 0.1) is 0 Å². The normalized spacial score (nSPS) is 11.0. The molecule has 0 unspecified atom stereocenters. The third-order valence-corrected chi connectivity index (χ3v) is 1.89. The first-order chi connectivity index (χ1) is 6.10. The van der Waals surface area contributed by atoms with E-state index in [1.54, 1.807) is 13.2 Å². The molecule has 0 saturated heterocycles. The number of aromatic nitrogens is 1. The molecule has 0 radical (unpaired) electrons. The average Bonchev–Trinajstić information content (AvgIpc) is 2.18. The minimum atomic E-state index is -0.547. The van der Waals surface area contributed by atoms with Crippen molar-refractivity contribution < 1.29 is 9.53 Å². The van der Waals surface area contributed by atoms with Gasteiger partial charge in [-0.15, -0.1) is 0 Å². The number of ether oxygens (including phenoxy) is 1. The van der Waals surface area contributed by atoms with E-state index in [9.17, 15) is 4.79 Å². The lowest BCUT2D eigenvalue weighted by atomic mass is 9.91. The summed E-state index contributed by atoms with van der Waals surface area (Å²) in [5, 5.41) is 0. The molecule has 0 amide bonds. The van der Waals surface area contributed by atoms with Crippen LogP contribution in [0.1, 0.15) is 19.5 Å². The van der Waals surface area contributed by atoms with Crippen LogP contribution in [0.2, 0.25) is 0 Å². The minimum Gasteiger partial charge on any atom is -0.481 e. The second-order valence-corrected chi connectivity index (χ2v) is 3.40. The van der Waals surface area contributed by atoms with Crippen LogP contribution in [0.25, 0.3) is 0 Å². The highest BCUT2D eigenvalue weighted by molar-refractivity contribution is 5.65. The second-order valence-electron chi connectivity index (χ2n) is 3.40. The molecule has 0 aliphatic rings. The maximum Gasteiger partial charge on any atom is 0.213 e. The van der Waals surface area contributed by atoms with Gasteiger partial charge >= 0.3 is 0 Å². The summed E-state index contributed by atoms with van der Waals surface area (Å²) in [4.78, 5) is 14.9. The standard InChI is InChI=1S/C10H13NO2/c1-10(2,7-12)8-5-4-6-9(11-8)13-3/h4-7H,1-3H3.